The molecule has 2 nitrogen and oxygen atoms in total. The summed E-state index contributed by atoms with van der Waals surface area (Å²) in [6.07, 6.45) is 0. The molecule has 1 unspecified atom stereocenters. The van der Waals surface area contributed by atoms with E-state index in [0.29, 0.717) is 0 Å². The van der Waals surface area contributed by atoms with E-state index < -0.39 is 0 Å². The summed E-state index contributed by atoms with van der Waals surface area (Å²) in [4.78, 5) is 14.0. The van der Waals surface area contributed by atoms with Crippen LogP contribution in [0.25, 0.3) is 0 Å². The van der Waals surface area contributed by atoms with Gasteiger partial charge in [-0.05, 0) is 18.1 Å². The monoisotopic (exact) mass is 251 g/mol. The highest BCUT2D eigenvalue weighted by Gasteiger charge is 2.50. The average molecular weight is 251 g/mol. The number of carbonyl (C=O) groups excluding carboxylic acids is 1. The average Bonchev–Trinajstić information content (AvgIpc) is 3.15. The van der Waals surface area contributed by atoms with Crippen molar-refractivity contribution in [3.8, 4) is 0 Å². The predicted molar refractivity (Wildman–Crippen MR) is 75.6 cm³/mol. The van der Waals surface area contributed by atoms with E-state index in [4.69, 9.17) is 0 Å². The molecule has 0 bridgehead atoms. The van der Waals surface area contributed by atoms with Gasteiger partial charge in [-0.15, -0.1) is 0 Å². The van der Waals surface area contributed by atoms with Gasteiger partial charge >= 0.3 is 0 Å². The molecule has 0 N–H and O–H groups in total. The number of nitrogens with zero attached hydrogens (tertiary/aromatic N) is 1. The van der Waals surface area contributed by atoms with E-state index in [-0.39, 0.29) is 17.9 Å². The second-order valence-electron chi connectivity index (χ2n) is 5.07. The van der Waals surface area contributed by atoms with E-state index in [9.17, 15) is 4.79 Å². The van der Waals surface area contributed by atoms with Gasteiger partial charge < -0.3 is 0 Å². The molecule has 19 heavy (non-hydrogen) atoms. The SMILES string of the molecule is CC(=O)[C@@H]1[C@H](c2ccccc2)N1Cc1ccccc1. The van der Waals surface area contributed by atoms with Crippen LogP contribution < -0.4 is 0 Å². The van der Waals surface area contributed by atoms with Gasteiger partial charge in [0.15, 0.2) is 0 Å². The zero-order chi connectivity index (χ0) is 13.2. The van der Waals surface area contributed by atoms with Gasteiger partial charge in [-0.3, -0.25) is 9.69 Å². The number of benzene rings is 2. The molecule has 0 amide bonds. The van der Waals surface area contributed by atoms with Crippen LogP contribution in [0, 0.1) is 0 Å². The molecule has 2 heteroatoms. The Balaban J connectivity index is 1.80. The van der Waals surface area contributed by atoms with Gasteiger partial charge in [0.2, 0.25) is 0 Å². The molecule has 1 aliphatic rings. The summed E-state index contributed by atoms with van der Waals surface area (Å²) in [7, 11) is 0. The molecule has 3 rings (SSSR count). The standard InChI is InChI=1S/C17H17NO/c1-13(19)16-17(15-10-6-3-7-11-15)18(16)12-14-8-4-2-5-9-14/h2-11,16-17H,12H2,1H3/t16-,17+,18?/m1/s1. The quantitative estimate of drug-likeness (QED) is 0.778. The van der Waals surface area contributed by atoms with Crippen LogP contribution in [0.5, 0.6) is 0 Å². The van der Waals surface area contributed by atoms with Gasteiger partial charge in [0.1, 0.15) is 5.78 Å². The molecule has 0 spiro atoms. The van der Waals surface area contributed by atoms with Gasteiger partial charge in [-0.2, -0.15) is 0 Å². The molecule has 2 aromatic rings. The molecule has 1 heterocycles. The summed E-state index contributed by atoms with van der Waals surface area (Å²) in [5.74, 6) is 0.254. The Morgan fingerprint density at radius 1 is 1.00 bits per heavy atom. The fourth-order valence-electron chi connectivity index (χ4n) is 2.75. The van der Waals surface area contributed by atoms with E-state index in [2.05, 4.69) is 29.2 Å². The van der Waals surface area contributed by atoms with Crippen LogP contribution in [-0.2, 0) is 11.3 Å². The zero-order valence-electron chi connectivity index (χ0n) is 11.0. The minimum Gasteiger partial charge on any atom is -0.298 e. The first-order valence-electron chi connectivity index (χ1n) is 6.62. The molecule has 2 aromatic carbocycles. The first-order valence-corrected chi connectivity index (χ1v) is 6.62. The van der Waals surface area contributed by atoms with Crippen LogP contribution >= 0.6 is 0 Å². The first kappa shape index (κ1) is 12.1. The van der Waals surface area contributed by atoms with Crippen molar-refractivity contribution in [3.05, 3.63) is 71.8 Å². The van der Waals surface area contributed by atoms with Crippen LogP contribution in [0.2, 0.25) is 0 Å². The highest BCUT2D eigenvalue weighted by atomic mass is 16.1. The number of rotatable bonds is 4. The fourth-order valence-corrected chi connectivity index (χ4v) is 2.75. The van der Waals surface area contributed by atoms with Gasteiger partial charge in [0.25, 0.3) is 0 Å². The Morgan fingerprint density at radius 2 is 1.58 bits per heavy atom. The Kier molecular flexibility index (Phi) is 3.18. The smallest absolute Gasteiger partial charge is 0.148 e. The van der Waals surface area contributed by atoms with E-state index in [0.717, 1.165) is 6.54 Å². The number of ketones is 1. The minimum atomic E-state index is 0.0441. The van der Waals surface area contributed by atoms with E-state index in [1.165, 1.54) is 11.1 Å². The molecule has 1 aliphatic heterocycles. The Labute approximate surface area is 113 Å². The second kappa shape index (κ2) is 4.98. The summed E-state index contributed by atoms with van der Waals surface area (Å²) in [5, 5.41) is 0. The van der Waals surface area contributed by atoms with Crippen molar-refractivity contribution in [2.75, 3.05) is 0 Å². The molecular formula is C17H17NO. The summed E-state index contributed by atoms with van der Waals surface area (Å²) in [5.41, 5.74) is 2.49. The lowest BCUT2D eigenvalue weighted by molar-refractivity contribution is -0.117. The van der Waals surface area contributed by atoms with Crippen molar-refractivity contribution in [3.63, 3.8) is 0 Å². The third-order valence-corrected chi connectivity index (χ3v) is 3.69. The van der Waals surface area contributed by atoms with Crippen LogP contribution in [0.3, 0.4) is 0 Å². The first-order chi connectivity index (χ1) is 9.27. The highest BCUT2D eigenvalue weighted by Crippen LogP contribution is 2.44. The van der Waals surface area contributed by atoms with Crippen molar-refractivity contribution < 1.29 is 4.79 Å². The van der Waals surface area contributed by atoms with Crippen LogP contribution in [-0.4, -0.2) is 16.7 Å². The minimum absolute atomic E-state index is 0.0441. The number of carbonyl (C=O) groups is 1. The van der Waals surface area contributed by atoms with E-state index >= 15 is 0 Å². The van der Waals surface area contributed by atoms with Crippen molar-refractivity contribution in [2.45, 2.75) is 25.6 Å². The molecule has 0 aromatic heterocycles. The molecule has 96 valence electrons. The topological polar surface area (TPSA) is 20.1 Å². The summed E-state index contributed by atoms with van der Waals surface area (Å²) >= 11 is 0. The van der Waals surface area contributed by atoms with Crippen LogP contribution in [0.1, 0.15) is 24.1 Å². The maximum absolute atomic E-state index is 11.7. The van der Waals surface area contributed by atoms with Gasteiger partial charge in [-0.25, -0.2) is 0 Å². The third-order valence-electron chi connectivity index (χ3n) is 3.69. The lowest BCUT2D eigenvalue weighted by atomic mass is 10.1. The summed E-state index contributed by atoms with van der Waals surface area (Å²) in [6, 6.07) is 20.9. The number of Topliss-reactive ketones (excluding diaryl/α,β-unsaturated/α-hetero) is 1. The van der Waals surface area contributed by atoms with Crippen molar-refractivity contribution >= 4 is 5.78 Å². The molecule has 1 fully saturated rings. The Hall–Kier alpha value is -1.93. The van der Waals surface area contributed by atoms with Gasteiger partial charge in [-0.1, -0.05) is 60.7 Å². The van der Waals surface area contributed by atoms with Crippen molar-refractivity contribution in [1.82, 2.24) is 4.90 Å². The Morgan fingerprint density at radius 3 is 2.16 bits per heavy atom. The molecule has 0 saturated carbocycles. The van der Waals surface area contributed by atoms with Gasteiger partial charge in [0.05, 0.1) is 12.1 Å². The third kappa shape index (κ3) is 2.45. The molecule has 3 atom stereocenters. The Bertz CT molecular complexity index is 564. The maximum Gasteiger partial charge on any atom is 0.148 e. The number of hydrogen-bond acceptors (Lipinski definition) is 2. The molecule has 0 aliphatic carbocycles. The fraction of sp³-hybridized carbons (Fsp3) is 0.235. The predicted octanol–water partition coefficient (Wildman–Crippen LogP) is 3.20. The molecule has 0 radical (unpaired) electrons. The second-order valence-corrected chi connectivity index (χ2v) is 5.07. The summed E-state index contributed by atoms with van der Waals surface area (Å²) in [6.45, 7) is 2.52. The zero-order valence-corrected chi connectivity index (χ0v) is 11.0. The van der Waals surface area contributed by atoms with E-state index in [1.807, 2.05) is 36.4 Å². The lowest BCUT2D eigenvalue weighted by Crippen LogP contribution is -2.08. The lowest BCUT2D eigenvalue weighted by Gasteiger charge is -2.04. The maximum atomic E-state index is 11.7. The highest BCUT2D eigenvalue weighted by molar-refractivity contribution is 5.85. The normalized spacial score (nSPS) is 25.0. The van der Waals surface area contributed by atoms with Crippen molar-refractivity contribution in [1.29, 1.82) is 0 Å². The van der Waals surface area contributed by atoms with Crippen molar-refractivity contribution in [2.24, 2.45) is 0 Å². The van der Waals surface area contributed by atoms with Crippen LogP contribution in [0.4, 0.5) is 0 Å². The molecular weight excluding hydrogens is 234 g/mol. The van der Waals surface area contributed by atoms with Gasteiger partial charge in [0, 0.05) is 6.54 Å². The van der Waals surface area contributed by atoms with Crippen LogP contribution in [0.15, 0.2) is 60.7 Å². The largest absolute Gasteiger partial charge is 0.298 e. The number of hydrogen-bond donors (Lipinski definition) is 0. The van der Waals surface area contributed by atoms with E-state index in [1.54, 1.807) is 6.92 Å². The molecule has 1 saturated heterocycles. The summed E-state index contributed by atoms with van der Waals surface area (Å²) < 4.78 is 0.